The molecule has 0 aromatic carbocycles. The highest BCUT2D eigenvalue weighted by atomic mass is 32.2. The van der Waals surface area contributed by atoms with Crippen LogP contribution >= 0.6 is 11.3 Å². The van der Waals surface area contributed by atoms with Gasteiger partial charge in [-0.3, -0.25) is 0 Å². The normalized spacial score (nSPS) is 21.1. The van der Waals surface area contributed by atoms with E-state index in [0.717, 1.165) is 0 Å². The summed E-state index contributed by atoms with van der Waals surface area (Å²) in [7, 11) is -3.59. The molecule has 1 aromatic heterocycles. The molecule has 0 amide bonds. The maximum atomic E-state index is 12.0. The monoisotopic (exact) mass is 293 g/mol. The number of hydrogen-bond donors (Lipinski definition) is 2. The quantitative estimate of drug-likeness (QED) is 0.794. The summed E-state index contributed by atoms with van der Waals surface area (Å²) in [4.78, 5) is 0.565. The summed E-state index contributed by atoms with van der Waals surface area (Å²) in [5.74, 6) is 0. The van der Waals surface area contributed by atoms with Gasteiger partial charge in [-0.1, -0.05) is 0 Å². The Hall–Kier alpha value is -0.510. The fourth-order valence-electron chi connectivity index (χ4n) is 1.62. The molecular formula is C10H15NO5S2. The van der Waals surface area contributed by atoms with Crippen LogP contribution in [0.15, 0.2) is 16.3 Å². The van der Waals surface area contributed by atoms with Crippen molar-refractivity contribution in [1.82, 2.24) is 4.72 Å². The number of aliphatic hydroxyl groups excluding tert-OH is 1. The Morgan fingerprint density at radius 3 is 3.00 bits per heavy atom. The first kappa shape index (κ1) is 13.9. The molecule has 1 saturated heterocycles. The zero-order valence-corrected chi connectivity index (χ0v) is 11.3. The van der Waals surface area contributed by atoms with Gasteiger partial charge in [-0.25, -0.2) is 13.1 Å². The Labute approximate surface area is 110 Å². The van der Waals surface area contributed by atoms with E-state index in [4.69, 9.17) is 14.6 Å². The summed E-state index contributed by atoms with van der Waals surface area (Å²) in [6, 6.07) is 1.48. The van der Waals surface area contributed by atoms with Gasteiger partial charge in [-0.05, 0) is 11.4 Å². The van der Waals surface area contributed by atoms with Crippen LogP contribution in [0, 0.1) is 0 Å². The summed E-state index contributed by atoms with van der Waals surface area (Å²) in [6.45, 7) is 1.30. The maximum Gasteiger partial charge on any atom is 0.241 e. The lowest BCUT2D eigenvalue weighted by atomic mass is 10.3. The van der Waals surface area contributed by atoms with Crippen LogP contribution in [0.1, 0.15) is 4.88 Å². The maximum absolute atomic E-state index is 12.0. The third-order valence-corrected chi connectivity index (χ3v) is 5.07. The molecule has 1 unspecified atom stereocenters. The molecule has 0 bridgehead atoms. The number of nitrogens with one attached hydrogen (secondary N) is 1. The fourth-order valence-corrected chi connectivity index (χ4v) is 3.98. The number of hydrogen-bond acceptors (Lipinski definition) is 6. The molecule has 1 fully saturated rings. The zero-order chi connectivity index (χ0) is 13.0. The average Bonchev–Trinajstić information content (AvgIpc) is 2.87. The topological polar surface area (TPSA) is 84.9 Å². The van der Waals surface area contributed by atoms with Crippen molar-refractivity contribution >= 4 is 21.4 Å². The van der Waals surface area contributed by atoms with Crippen LogP contribution in [0.2, 0.25) is 0 Å². The van der Waals surface area contributed by atoms with Crippen molar-refractivity contribution in [2.24, 2.45) is 0 Å². The van der Waals surface area contributed by atoms with Gasteiger partial charge in [0.2, 0.25) is 10.0 Å². The highest BCUT2D eigenvalue weighted by Crippen LogP contribution is 2.21. The predicted molar refractivity (Wildman–Crippen MR) is 66.0 cm³/mol. The molecule has 0 saturated carbocycles. The van der Waals surface area contributed by atoms with Crippen LogP contribution in [0.4, 0.5) is 0 Å². The second-order valence-electron chi connectivity index (χ2n) is 3.79. The van der Waals surface area contributed by atoms with Gasteiger partial charge in [0.25, 0.3) is 0 Å². The molecule has 2 heterocycles. The number of thiophene rings is 1. The molecule has 1 aliphatic heterocycles. The molecular weight excluding hydrogens is 278 g/mol. The first-order valence-electron chi connectivity index (χ1n) is 5.49. The Kier molecular flexibility index (Phi) is 4.71. The van der Waals surface area contributed by atoms with E-state index in [1.807, 2.05) is 0 Å². The molecule has 1 aromatic rings. The van der Waals surface area contributed by atoms with Crippen LogP contribution < -0.4 is 4.72 Å². The van der Waals surface area contributed by atoms with Gasteiger partial charge in [0.1, 0.15) is 0 Å². The van der Waals surface area contributed by atoms with Gasteiger partial charge >= 0.3 is 0 Å². The van der Waals surface area contributed by atoms with Crippen molar-refractivity contribution in [2.75, 3.05) is 26.4 Å². The summed E-state index contributed by atoms with van der Waals surface area (Å²) < 4.78 is 37.0. The van der Waals surface area contributed by atoms with E-state index in [9.17, 15) is 8.42 Å². The molecule has 18 heavy (non-hydrogen) atoms. The van der Waals surface area contributed by atoms with Crippen molar-refractivity contribution in [3.05, 3.63) is 16.3 Å². The SMILES string of the molecule is O=S(=O)(NCC1COCCO1)c1ccsc1CO. The molecule has 2 rings (SSSR count). The standard InChI is InChI=1S/C10H15NO5S2/c12-6-9-10(1-4-17-9)18(13,14)11-5-8-7-15-2-3-16-8/h1,4,8,11-12H,2-3,5-7H2. The van der Waals surface area contributed by atoms with E-state index in [1.165, 1.54) is 17.4 Å². The van der Waals surface area contributed by atoms with Crippen LogP contribution in [-0.4, -0.2) is 46.0 Å². The van der Waals surface area contributed by atoms with Crippen molar-refractivity contribution in [1.29, 1.82) is 0 Å². The van der Waals surface area contributed by atoms with Gasteiger partial charge in [-0.15, -0.1) is 11.3 Å². The Morgan fingerprint density at radius 1 is 1.50 bits per heavy atom. The van der Waals surface area contributed by atoms with Crippen LogP contribution in [-0.2, 0) is 26.1 Å². The lowest BCUT2D eigenvalue weighted by Gasteiger charge is -2.23. The minimum atomic E-state index is -3.59. The van der Waals surface area contributed by atoms with Crippen LogP contribution in [0.5, 0.6) is 0 Å². The molecule has 102 valence electrons. The molecule has 8 heteroatoms. The second-order valence-corrected chi connectivity index (χ2v) is 6.52. The predicted octanol–water partition coefficient (Wildman–Crippen LogP) is -0.0659. The molecule has 0 radical (unpaired) electrons. The lowest BCUT2D eigenvalue weighted by molar-refractivity contribution is -0.0846. The third-order valence-electron chi connectivity index (χ3n) is 2.52. The van der Waals surface area contributed by atoms with E-state index in [-0.39, 0.29) is 24.2 Å². The van der Waals surface area contributed by atoms with Crippen molar-refractivity contribution in [3.8, 4) is 0 Å². The molecule has 1 aliphatic rings. The minimum Gasteiger partial charge on any atom is -0.391 e. The number of aliphatic hydroxyl groups is 1. The van der Waals surface area contributed by atoms with Crippen molar-refractivity contribution in [2.45, 2.75) is 17.6 Å². The minimum absolute atomic E-state index is 0.131. The van der Waals surface area contributed by atoms with Gasteiger partial charge in [-0.2, -0.15) is 0 Å². The Morgan fingerprint density at radius 2 is 2.33 bits per heavy atom. The summed E-state index contributed by atoms with van der Waals surface area (Å²) >= 11 is 1.21. The van der Waals surface area contributed by atoms with E-state index in [0.29, 0.717) is 24.7 Å². The van der Waals surface area contributed by atoms with E-state index < -0.39 is 10.0 Å². The first-order chi connectivity index (χ1) is 8.63. The number of rotatable bonds is 5. The molecule has 0 spiro atoms. The highest BCUT2D eigenvalue weighted by molar-refractivity contribution is 7.89. The lowest BCUT2D eigenvalue weighted by Crippen LogP contribution is -2.39. The summed E-state index contributed by atoms with van der Waals surface area (Å²) in [6.07, 6.45) is -0.260. The van der Waals surface area contributed by atoms with Gasteiger partial charge in [0.15, 0.2) is 0 Å². The van der Waals surface area contributed by atoms with Gasteiger partial charge in [0.05, 0.1) is 37.4 Å². The molecule has 1 atom stereocenters. The summed E-state index contributed by atoms with van der Waals surface area (Å²) in [5, 5.41) is 10.7. The van der Waals surface area contributed by atoms with E-state index >= 15 is 0 Å². The highest BCUT2D eigenvalue weighted by Gasteiger charge is 2.22. The number of sulfonamides is 1. The molecule has 6 nitrogen and oxygen atoms in total. The van der Waals surface area contributed by atoms with Crippen LogP contribution in [0.3, 0.4) is 0 Å². The Bertz CT molecular complexity index is 478. The summed E-state index contributed by atoms with van der Waals surface area (Å²) in [5.41, 5.74) is 0. The zero-order valence-electron chi connectivity index (χ0n) is 9.66. The molecule has 0 aliphatic carbocycles. The van der Waals surface area contributed by atoms with Crippen LogP contribution in [0.25, 0.3) is 0 Å². The van der Waals surface area contributed by atoms with E-state index in [2.05, 4.69) is 4.72 Å². The van der Waals surface area contributed by atoms with Crippen molar-refractivity contribution in [3.63, 3.8) is 0 Å². The van der Waals surface area contributed by atoms with Gasteiger partial charge in [0, 0.05) is 11.4 Å². The molecule has 2 N–H and O–H groups in total. The van der Waals surface area contributed by atoms with E-state index in [1.54, 1.807) is 5.38 Å². The largest absolute Gasteiger partial charge is 0.391 e. The first-order valence-corrected chi connectivity index (χ1v) is 7.86. The third kappa shape index (κ3) is 3.28. The second kappa shape index (κ2) is 6.09. The fraction of sp³-hybridized carbons (Fsp3) is 0.600. The Balaban J connectivity index is 1.99. The number of ether oxygens (including phenoxy) is 2. The smallest absolute Gasteiger partial charge is 0.241 e. The van der Waals surface area contributed by atoms with Crippen molar-refractivity contribution < 1.29 is 23.0 Å². The average molecular weight is 293 g/mol. The van der Waals surface area contributed by atoms with Gasteiger partial charge < -0.3 is 14.6 Å².